The highest BCUT2D eigenvalue weighted by molar-refractivity contribution is 5.87. The molecule has 0 rings (SSSR count). The normalized spacial score (nSPS) is 9.31. The minimum absolute atomic E-state index is 0.0874. The zero-order valence-corrected chi connectivity index (χ0v) is 14.5. The zero-order valence-electron chi connectivity index (χ0n) is 14.5. The van der Waals surface area contributed by atoms with Gasteiger partial charge in [-0.05, 0) is 12.8 Å². The molecule has 0 N–H and O–H groups in total. The lowest BCUT2D eigenvalue weighted by molar-refractivity contribution is -0.147. The Morgan fingerprint density at radius 2 is 0.923 bits per heavy atom. The number of esters is 4. The molecule has 0 spiro atoms. The van der Waals surface area contributed by atoms with Crippen LogP contribution in [0.4, 0.5) is 0 Å². The SMILES string of the molecule is C#CC(=O)OCCCOC(=O)CCCCC(=O)OCCCOC(=O)C#C. The van der Waals surface area contributed by atoms with Gasteiger partial charge in [0.25, 0.3) is 0 Å². The van der Waals surface area contributed by atoms with Crippen LogP contribution in [0, 0.1) is 24.7 Å². The van der Waals surface area contributed by atoms with Crippen molar-refractivity contribution in [3.05, 3.63) is 0 Å². The van der Waals surface area contributed by atoms with E-state index in [1.54, 1.807) is 11.8 Å². The summed E-state index contributed by atoms with van der Waals surface area (Å²) in [7, 11) is 0. The second kappa shape index (κ2) is 15.5. The Labute approximate surface area is 152 Å². The molecule has 0 heterocycles. The quantitative estimate of drug-likeness (QED) is 0.155. The van der Waals surface area contributed by atoms with Crippen molar-refractivity contribution in [2.75, 3.05) is 26.4 Å². The molecule has 26 heavy (non-hydrogen) atoms. The first-order valence-corrected chi connectivity index (χ1v) is 8.07. The van der Waals surface area contributed by atoms with Gasteiger partial charge in [-0.25, -0.2) is 9.59 Å². The third kappa shape index (κ3) is 14.6. The maximum absolute atomic E-state index is 11.4. The van der Waals surface area contributed by atoms with Crippen molar-refractivity contribution in [3.8, 4) is 24.7 Å². The molecule has 8 heteroatoms. The van der Waals surface area contributed by atoms with E-state index in [9.17, 15) is 19.2 Å². The summed E-state index contributed by atoms with van der Waals surface area (Å²) in [6, 6.07) is 0. The van der Waals surface area contributed by atoms with Crippen LogP contribution < -0.4 is 0 Å². The summed E-state index contributed by atoms with van der Waals surface area (Å²) in [6.45, 7) is 0.431. The van der Waals surface area contributed by atoms with E-state index in [-0.39, 0.29) is 39.3 Å². The molecule has 0 bridgehead atoms. The third-order valence-corrected chi connectivity index (χ3v) is 2.82. The highest BCUT2D eigenvalue weighted by Crippen LogP contribution is 2.03. The molecule has 0 amide bonds. The number of ether oxygens (including phenoxy) is 4. The fourth-order valence-electron chi connectivity index (χ4n) is 1.59. The van der Waals surface area contributed by atoms with Crippen LogP contribution in [0.1, 0.15) is 38.5 Å². The molecule has 142 valence electrons. The lowest BCUT2D eigenvalue weighted by atomic mass is 10.2. The maximum atomic E-state index is 11.4. The van der Waals surface area contributed by atoms with E-state index in [0.29, 0.717) is 25.7 Å². The molecule has 0 unspecified atom stereocenters. The summed E-state index contributed by atoms with van der Waals surface area (Å²) in [5.41, 5.74) is 0. The van der Waals surface area contributed by atoms with Crippen LogP contribution in [0.25, 0.3) is 0 Å². The van der Waals surface area contributed by atoms with Crippen LogP contribution in [0.5, 0.6) is 0 Å². The van der Waals surface area contributed by atoms with E-state index < -0.39 is 23.9 Å². The van der Waals surface area contributed by atoms with Gasteiger partial charge >= 0.3 is 23.9 Å². The summed E-state index contributed by atoms with van der Waals surface area (Å²) >= 11 is 0. The first kappa shape index (κ1) is 23.0. The van der Waals surface area contributed by atoms with E-state index in [1.807, 2.05) is 0 Å². The molecular formula is C18H22O8. The topological polar surface area (TPSA) is 105 Å². The van der Waals surface area contributed by atoms with Crippen LogP contribution in [0.3, 0.4) is 0 Å². The molecular weight excluding hydrogens is 344 g/mol. The monoisotopic (exact) mass is 366 g/mol. The highest BCUT2D eigenvalue weighted by Gasteiger charge is 2.07. The summed E-state index contributed by atoms with van der Waals surface area (Å²) in [4.78, 5) is 44.2. The first-order chi connectivity index (χ1) is 12.5. The Bertz CT molecular complexity index is 503. The number of rotatable bonds is 13. The Morgan fingerprint density at radius 1 is 0.577 bits per heavy atom. The minimum atomic E-state index is -0.753. The summed E-state index contributed by atoms with van der Waals surface area (Å²) < 4.78 is 19.1. The molecule has 0 aliphatic heterocycles. The molecule has 0 aromatic carbocycles. The van der Waals surface area contributed by atoms with Crippen molar-refractivity contribution in [2.45, 2.75) is 38.5 Å². The third-order valence-electron chi connectivity index (χ3n) is 2.82. The number of hydrogen-bond acceptors (Lipinski definition) is 8. The number of hydrogen-bond donors (Lipinski definition) is 0. The molecule has 0 aromatic rings. The number of carbonyl (C=O) groups is 4. The maximum Gasteiger partial charge on any atom is 0.384 e. The average molecular weight is 366 g/mol. The summed E-state index contributed by atoms with van der Waals surface area (Å²) in [5.74, 6) is 1.31. The number of terminal acetylenes is 2. The van der Waals surface area contributed by atoms with E-state index in [4.69, 9.17) is 22.3 Å². The average Bonchev–Trinajstić information content (AvgIpc) is 2.64. The minimum Gasteiger partial charge on any atom is -0.466 e. The Kier molecular flexibility index (Phi) is 13.7. The van der Waals surface area contributed by atoms with Crippen molar-refractivity contribution in [2.24, 2.45) is 0 Å². The molecule has 0 saturated heterocycles. The van der Waals surface area contributed by atoms with Gasteiger partial charge in [-0.2, -0.15) is 0 Å². The lowest BCUT2D eigenvalue weighted by Crippen LogP contribution is -2.11. The highest BCUT2D eigenvalue weighted by atomic mass is 16.6. The van der Waals surface area contributed by atoms with Gasteiger partial charge in [-0.3, -0.25) is 9.59 Å². The van der Waals surface area contributed by atoms with Gasteiger partial charge in [0, 0.05) is 37.5 Å². The van der Waals surface area contributed by atoms with Gasteiger partial charge in [0.05, 0.1) is 26.4 Å². The molecule has 0 fully saturated rings. The molecule has 0 atom stereocenters. The second-order valence-corrected chi connectivity index (χ2v) is 4.92. The molecule has 0 radical (unpaired) electrons. The van der Waals surface area contributed by atoms with Crippen LogP contribution >= 0.6 is 0 Å². The summed E-state index contributed by atoms with van der Waals surface area (Å²) in [6.07, 6.45) is 11.7. The summed E-state index contributed by atoms with van der Waals surface area (Å²) in [5, 5.41) is 0. The smallest absolute Gasteiger partial charge is 0.384 e. The molecule has 0 aliphatic rings. The number of unbranched alkanes of at least 4 members (excludes halogenated alkanes) is 1. The Balaban J connectivity index is 3.47. The van der Waals surface area contributed by atoms with Crippen LogP contribution in [0.15, 0.2) is 0 Å². The van der Waals surface area contributed by atoms with E-state index in [0.717, 1.165) is 0 Å². The van der Waals surface area contributed by atoms with Crippen LogP contribution in [-0.2, 0) is 38.1 Å². The molecule has 0 saturated carbocycles. The van der Waals surface area contributed by atoms with Crippen molar-refractivity contribution >= 4 is 23.9 Å². The predicted molar refractivity (Wildman–Crippen MR) is 89.2 cm³/mol. The number of carbonyl (C=O) groups excluding carboxylic acids is 4. The fraction of sp³-hybridized carbons (Fsp3) is 0.556. The van der Waals surface area contributed by atoms with Gasteiger partial charge in [-0.1, -0.05) is 0 Å². The van der Waals surface area contributed by atoms with Gasteiger partial charge in [0.15, 0.2) is 0 Å². The Hall–Kier alpha value is -3.00. The van der Waals surface area contributed by atoms with Gasteiger partial charge < -0.3 is 18.9 Å². The van der Waals surface area contributed by atoms with Crippen molar-refractivity contribution < 1.29 is 38.1 Å². The largest absolute Gasteiger partial charge is 0.466 e. The Morgan fingerprint density at radius 3 is 1.27 bits per heavy atom. The first-order valence-electron chi connectivity index (χ1n) is 8.07. The van der Waals surface area contributed by atoms with Crippen LogP contribution in [0.2, 0.25) is 0 Å². The van der Waals surface area contributed by atoms with E-state index in [1.165, 1.54) is 0 Å². The molecule has 0 aliphatic carbocycles. The van der Waals surface area contributed by atoms with Crippen molar-refractivity contribution in [3.63, 3.8) is 0 Å². The standard InChI is InChI=1S/C18H22O8/c1-3-15(19)23-11-7-13-25-17(21)9-5-6-10-18(22)26-14-8-12-24-16(20)4-2/h1-2H,5-14H2. The molecule has 0 aromatic heterocycles. The lowest BCUT2D eigenvalue weighted by Gasteiger charge is -2.06. The molecule has 8 nitrogen and oxygen atoms in total. The van der Waals surface area contributed by atoms with E-state index >= 15 is 0 Å². The fourth-order valence-corrected chi connectivity index (χ4v) is 1.59. The van der Waals surface area contributed by atoms with E-state index in [2.05, 4.69) is 9.47 Å². The van der Waals surface area contributed by atoms with Gasteiger partial charge in [0.1, 0.15) is 0 Å². The van der Waals surface area contributed by atoms with Gasteiger partial charge in [0.2, 0.25) is 0 Å². The zero-order chi connectivity index (χ0) is 19.6. The predicted octanol–water partition coefficient (Wildman–Crippen LogP) is 0.766. The van der Waals surface area contributed by atoms with Gasteiger partial charge in [-0.15, -0.1) is 12.8 Å². The second-order valence-electron chi connectivity index (χ2n) is 4.92. The van der Waals surface area contributed by atoms with Crippen molar-refractivity contribution in [1.82, 2.24) is 0 Å². The van der Waals surface area contributed by atoms with Crippen molar-refractivity contribution in [1.29, 1.82) is 0 Å². The van der Waals surface area contributed by atoms with Crippen LogP contribution in [-0.4, -0.2) is 50.3 Å².